The lowest BCUT2D eigenvalue weighted by Crippen LogP contribution is -2.24. The second-order valence-corrected chi connectivity index (χ2v) is 7.50. The van der Waals surface area contributed by atoms with Crippen molar-refractivity contribution in [2.24, 2.45) is 0 Å². The van der Waals surface area contributed by atoms with Gasteiger partial charge in [0, 0.05) is 24.3 Å². The number of pyridine rings is 2. The number of thiazole rings is 1. The first-order chi connectivity index (χ1) is 13.2. The molecule has 1 fully saturated rings. The largest absolute Gasteiger partial charge is 0.316 e. The summed E-state index contributed by atoms with van der Waals surface area (Å²) in [5.41, 5.74) is 4.03. The molecule has 0 saturated carbocycles. The van der Waals surface area contributed by atoms with E-state index in [1.54, 1.807) is 29.7 Å². The number of aryl methyl sites for hydroxylation is 1. The molecule has 0 aliphatic carbocycles. The lowest BCUT2D eigenvalue weighted by Gasteiger charge is -2.23. The molecule has 0 amide bonds. The summed E-state index contributed by atoms with van der Waals surface area (Å²) in [4.78, 5) is 16.0. The Balaban J connectivity index is 1.48. The first-order valence-corrected chi connectivity index (χ1v) is 9.84. The summed E-state index contributed by atoms with van der Waals surface area (Å²) in [5, 5.41) is 15.1. The zero-order chi connectivity index (χ0) is 18.6. The molecule has 0 spiro atoms. The van der Waals surface area contributed by atoms with Gasteiger partial charge in [0.25, 0.3) is 0 Å². The van der Waals surface area contributed by atoms with Crippen molar-refractivity contribution in [3.05, 3.63) is 64.6 Å². The van der Waals surface area contributed by atoms with Crippen molar-refractivity contribution in [1.29, 1.82) is 5.26 Å². The van der Waals surface area contributed by atoms with Crippen molar-refractivity contribution < 1.29 is 0 Å². The normalized spacial score (nSPS) is 17.0. The van der Waals surface area contributed by atoms with E-state index >= 15 is 0 Å². The first kappa shape index (κ1) is 17.6. The number of anilines is 2. The third-order valence-corrected chi connectivity index (χ3v) is 5.60. The molecular weight excluding hydrogens is 356 g/mol. The van der Waals surface area contributed by atoms with Crippen LogP contribution in [0.1, 0.15) is 41.4 Å². The molecule has 7 heteroatoms. The smallest absolute Gasteiger partial charge is 0.188 e. The third-order valence-electron chi connectivity index (χ3n) is 4.82. The summed E-state index contributed by atoms with van der Waals surface area (Å²) >= 11 is 1.57. The second kappa shape index (κ2) is 7.82. The van der Waals surface area contributed by atoms with E-state index in [1.807, 2.05) is 12.3 Å². The van der Waals surface area contributed by atoms with Crippen molar-refractivity contribution in [2.75, 3.05) is 11.9 Å². The van der Waals surface area contributed by atoms with Gasteiger partial charge in [0.2, 0.25) is 0 Å². The average molecular weight is 376 g/mol. The molecule has 4 heterocycles. The lowest BCUT2D eigenvalue weighted by atomic mass is 10.1. The van der Waals surface area contributed by atoms with Crippen molar-refractivity contribution >= 4 is 22.3 Å². The molecule has 3 aromatic heterocycles. The van der Waals surface area contributed by atoms with Crippen molar-refractivity contribution in [3.63, 3.8) is 0 Å². The number of nitrogens with one attached hydrogen (secondary N) is 1. The zero-order valence-corrected chi connectivity index (χ0v) is 15.9. The lowest BCUT2D eigenvalue weighted by molar-refractivity contribution is 0.242. The van der Waals surface area contributed by atoms with Crippen LogP contribution in [0.4, 0.5) is 10.9 Å². The van der Waals surface area contributed by atoms with Gasteiger partial charge in [-0.15, -0.1) is 11.3 Å². The maximum Gasteiger partial charge on any atom is 0.188 e. The van der Waals surface area contributed by atoms with Crippen molar-refractivity contribution in [1.82, 2.24) is 19.9 Å². The van der Waals surface area contributed by atoms with Gasteiger partial charge in [0.15, 0.2) is 5.13 Å². The number of rotatable bonds is 5. The first-order valence-electron chi connectivity index (χ1n) is 8.96. The standard InChI is InChI=1S/C20H20N6S/c1-14-4-2-7-22-16(14)12-26-9-3-5-18(26)17-13-27-20(24-17)25-19-10-15(11-21)6-8-23-19/h2,4,6-8,10,13,18H,3,5,9,12H2,1H3,(H,23,24,25)/t18-/m0/s1. The molecule has 27 heavy (non-hydrogen) atoms. The van der Waals surface area contributed by atoms with Crippen LogP contribution < -0.4 is 5.32 Å². The highest BCUT2D eigenvalue weighted by molar-refractivity contribution is 7.13. The van der Waals surface area contributed by atoms with E-state index in [4.69, 9.17) is 10.2 Å². The van der Waals surface area contributed by atoms with Crippen LogP contribution in [-0.4, -0.2) is 26.4 Å². The highest BCUT2D eigenvalue weighted by atomic mass is 32.1. The maximum absolute atomic E-state index is 9.02. The monoisotopic (exact) mass is 376 g/mol. The summed E-state index contributed by atoms with van der Waals surface area (Å²) < 4.78 is 0. The highest BCUT2D eigenvalue weighted by Gasteiger charge is 2.28. The van der Waals surface area contributed by atoms with Gasteiger partial charge in [0.1, 0.15) is 5.82 Å². The number of hydrogen-bond acceptors (Lipinski definition) is 7. The molecular formula is C20H20N6S. The van der Waals surface area contributed by atoms with Gasteiger partial charge in [-0.25, -0.2) is 9.97 Å². The van der Waals surface area contributed by atoms with Gasteiger partial charge in [-0.2, -0.15) is 5.26 Å². The molecule has 3 aromatic rings. The van der Waals surface area contributed by atoms with Gasteiger partial charge in [0.05, 0.1) is 29.1 Å². The second-order valence-electron chi connectivity index (χ2n) is 6.64. The average Bonchev–Trinajstić information content (AvgIpc) is 3.33. The Morgan fingerprint density at radius 1 is 1.33 bits per heavy atom. The van der Waals surface area contributed by atoms with E-state index in [-0.39, 0.29) is 0 Å². The van der Waals surface area contributed by atoms with Gasteiger partial charge in [-0.05, 0) is 50.1 Å². The predicted octanol–water partition coefficient (Wildman–Crippen LogP) is 4.19. The minimum atomic E-state index is 0.316. The molecule has 1 atom stereocenters. The van der Waals surface area contributed by atoms with Gasteiger partial charge < -0.3 is 5.32 Å². The van der Waals surface area contributed by atoms with Crippen LogP contribution in [0.3, 0.4) is 0 Å². The van der Waals surface area contributed by atoms with E-state index in [0.717, 1.165) is 36.0 Å². The number of aromatic nitrogens is 3. The molecule has 1 aliphatic rings. The Kier molecular flexibility index (Phi) is 5.10. The summed E-state index contributed by atoms with van der Waals surface area (Å²) in [7, 11) is 0. The Bertz CT molecular complexity index is 976. The SMILES string of the molecule is Cc1cccnc1CN1CCC[C@H]1c1csc(Nc2cc(C#N)ccn2)n1. The quantitative estimate of drug-likeness (QED) is 0.719. The third kappa shape index (κ3) is 3.97. The summed E-state index contributed by atoms with van der Waals surface area (Å²) in [5.74, 6) is 0.641. The number of nitriles is 1. The molecule has 4 rings (SSSR count). The van der Waals surface area contributed by atoms with Crippen LogP contribution >= 0.6 is 11.3 Å². The van der Waals surface area contributed by atoms with Crippen LogP contribution in [-0.2, 0) is 6.54 Å². The van der Waals surface area contributed by atoms with E-state index in [9.17, 15) is 0 Å². The molecule has 0 aromatic carbocycles. The Morgan fingerprint density at radius 3 is 3.11 bits per heavy atom. The van der Waals surface area contributed by atoms with Crippen LogP contribution in [0, 0.1) is 18.3 Å². The highest BCUT2D eigenvalue weighted by Crippen LogP contribution is 2.35. The molecule has 136 valence electrons. The van der Waals surface area contributed by atoms with Crippen molar-refractivity contribution in [2.45, 2.75) is 32.4 Å². The summed E-state index contributed by atoms with van der Waals surface area (Å²) in [6.45, 7) is 4.02. The number of nitrogens with zero attached hydrogens (tertiary/aromatic N) is 5. The van der Waals surface area contributed by atoms with Gasteiger partial charge >= 0.3 is 0 Å². The Labute approximate surface area is 162 Å². The fraction of sp³-hybridized carbons (Fsp3) is 0.300. The minimum absolute atomic E-state index is 0.316. The fourth-order valence-corrected chi connectivity index (χ4v) is 4.17. The van der Waals surface area contributed by atoms with Crippen LogP contribution in [0.15, 0.2) is 42.0 Å². The number of hydrogen-bond donors (Lipinski definition) is 1. The molecule has 0 radical (unpaired) electrons. The van der Waals surface area contributed by atoms with Gasteiger partial charge in [-0.3, -0.25) is 9.88 Å². The molecule has 6 nitrogen and oxygen atoms in total. The predicted molar refractivity (Wildman–Crippen MR) is 106 cm³/mol. The van der Waals surface area contributed by atoms with Crippen LogP contribution in [0.5, 0.6) is 0 Å². The van der Waals surface area contributed by atoms with Crippen LogP contribution in [0.2, 0.25) is 0 Å². The number of likely N-dealkylation sites (tertiary alicyclic amines) is 1. The molecule has 0 bridgehead atoms. The molecule has 1 aliphatic heterocycles. The molecule has 1 saturated heterocycles. The Hall–Kier alpha value is -2.82. The van der Waals surface area contributed by atoms with Gasteiger partial charge in [-0.1, -0.05) is 6.07 Å². The van der Waals surface area contributed by atoms with E-state index in [0.29, 0.717) is 17.4 Å². The van der Waals surface area contributed by atoms with E-state index in [1.165, 1.54) is 12.0 Å². The zero-order valence-electron chi connectivity index (χ0n) is 15.1. The summed E-state index contributed by atoms with van der Waals surface area (Å²) in [6.07, 6.45) is 5.77. The topological polar surface area (TPSA) is 77.7 Å². The fourth-order valence-electron chi connectivity index (χ4n) is 3.40. The minimum Gasteiger partial charge on any atom is -0.316 e. The Morgan fingerprint density at radius 2 is 2.26 bits per heavy atom. The molecule has 1 N–H and O–H groups in total. The summed E-state index contributed by atoms with van der Waals surface area (Å²) in [6, 6.07) is 9.95. The maximum atomic E-state index is 9.02. The van der Waals surface area contributed by atoms with E-state index in [2.05, 4.69) is 44.6 Å². The van der Waals surface area contributed by atoms with E-state index < -0.39 is 0 Å². The van der Waals surface area contributed by atoms with Crippen LogP contribution in [0.25, 0.3) is 0 Å². The van der Waals surface area contributed by atoms with Crippen molar-refractivity contribution in [3.8, 4) is 6.07 Å². The molecule has 0 unspecified atom stereocenters.